The van der Waals surface area contributed by atoms with E-state index in [0.29, 0.717) is 25.7 Å². The molecule has 4 nitrogen and oxygen atoms in total. The number of hydrogen-bond donors (Lipinski definition) is 0. The van der Waals surface area contributed by atoms with Crippen molar-refractivity contribution in [2.24, 2.45) is 0 Å². The van der Waals surface area contributed by atoms with Gasteiger partial charge in [-0.05, 0) is 0 Å². The summed E-state index contributed by atoms with van der Waals surface area (Å²) in [6, 6.07) is 0. The Morgan fingerprint density at radius 2 is 2.29 bits per heavy atom. The zero-order chi connectivity index (χ0) is 10.2. The normalized spacial score (nSPS) is 10.7. The fraction of sp³-hybridized carbons (Fsp3) is 0.667. The Kier molecular flexibility index (Phi) is 5.59. The fourth-order valence-corrected chi connectivity index (χ4v) is 1.30. The van der Waals surface area contributed by atoms with Crippen LogP contribution in [-0.2, 0) is 21.9 Å². The minimum absolute atomic E-state index is 0.436. The van der Waals surface area contributed by atoms with Gasteiger partial charge in [-0.1, -0.05) is 0 Å². The summed E-state index contributed by atoms with van der Waals surface area (Å²) < 4.78 is 12.2. The Morgan fingerprint density at radius 1 is 1.43 bits per heavy atom. The largest absolute Gasteiger partial charge is 0.382 e. The summed E-state index contributed by atoms with van der Waals surface area (Å²) in [7, 11) is 1.66. The van der Waals surface area contributed by atoms with Crippen LogP contribution in [0, 0.1) is 0 Å². The molecule has 0 aliphatic heterocycles. The van der Waals surface area contributed by atoms with Crippen LogP contribution in [0.2, 0.25) is 0 Å². The molecular formula is C9H15ClN2O2. The molecule has 0 bridgehead atoms. The Balaban J connectivity index is 2.17. The number of ether oxygens (including phenoxy) is 2. The first-order valence-electron chi connectivity index (χ1n) is 4.51. The highest BCUT2D eigenvalue weighted by molar-refractivity contribution is 6.16. The summed E-state index contributed by atoms with van der Waals surface area (Å²) in [5.74, 6) is 1.31. The fourth-order valence-electron chi connectivity index (χ4n) is 1.08. The molecule has 0 aromatic carbocycles. The highest BCUT2D eigenvalue weighted by Crippen LogP contribution is 2.00. The van der Waals surface area contributed by atoms with Crippen LogP contribution in [0.15, 0.2) is 12.4 Å². The molecule has 1 heterocycles. The predicted molar refractivity (Wildman–Crippen MR) is 54.5 cm³/mol. The summed E-state index contributed by atoms with van der Waals surface area (Å²) in [4.78, 5) is 4.10. The van der Waals surface area contributed by atoms with E-state index in [1.807, 2.05) is 10.8 Å². The molecule has 0 saturated carbocycles. The summed E-state index contributed by atoms with van der Waals surface area (Å²) >= 11 is 5.69. The van der Waals surface area contributed by atoms with Crippen molar-refractivity contribution >= 4 is 11.6 Å². The molecule has 0 spiro atoms. The lowest BCUT2D eigenvalue weighted by atomic mass is 10.6. The number of hydrogen-bond acceptors (Lipinski definition) is 3. The molecule has 0 saturated heterocycles. The molecule has 0 amide bonds. The predicted octanol–water partition coefficient (Wildman–Crippen LogP) is 1.28. The van der Waals surface area contributed by atoms with E-state index in [4.69, 9.17) is 21.1 Å². The topological polar surface area (TPSA) is 36.3 Å². The number of halogens is 1. The molecule has 5 heteroatoms. The summed E-state index contributed by atoms with van der Waals surface area (Å²) in [6.07, 6.45) is 3.64. The second-order valence-corrected chi connectivity index (χ2v) is 3.04. The van der Waals surface area contributed by atoms with Gasteiger partial charge in [-0.3, -0.25) is 0 Å². The number of rotatable bonds is 7. The first kappa shape index (κ1) is 11.5. The van der Waals surface area contributed by atoms with Gasteiger partial charge in [0.2, 0.25) is 0 Å². The third-order valence-corrected chi connectivity index (χ3v) is 2.07. The van der Waals surface area contributed by atoms with Gasteiger partial charge in [-0.2, -0.15) is 0 Å². The van der Waals surface area contributed by atoms with Crippen molar-refractivity contribution in [1.29, 1.82) is 0 Å². The van der Waals surface area contributed by atoms with E-state index in [1.165, 1.54) is 0 Å². The molecule has 0 aliphatic carbocycles. The van der Waals surface area contributed by atoms with Crippen molar-refractivity contribution in [3.63, 3.8) is 0 Å². The first-order chi connectivity index (χ1) is 6.88. The van der Waals surface area contributed by atoms with Crippen molar-refractivity contribution in [2.75, 3.05) is 26.9 Å². The standard InChI is InChI=1S/C9H15ClN2O2/c1-13-6-7-14-5-4-12-3-2-11-9(12)8-10/h2-3H,4-8H2,1H3. The number of aromatic nitrogens is 2. The van der Waals surface area contributed by atoms with Crippen LogP contribution < -0.4 is 0 Å². The Hall–Kier alpha value is -0.580. The average molecular weight is 219 g/mol. The number of methoxy groups -OCH3 is 1. The molecule has 0 radical (unpaired) electrons. The van der Waals surface area contributed by atoms with Crippen molar-refractivity contribution in [2.45, 2.75) is 12.4 Å². The molecule has 1 rings (SSSR count). The van der Waals surface area contributed by atoms with E-state index in [2.05, 4.69) is 4.98 Å². The van der Waals surface area contributed by atoms with Crippen LogP contribution in [0.3, 0.4) is 0 Å². The Bertz CT molecular complexity index is 253. The Morgan fingerprint density at radius 3 is 3.00 bits per heavy atom. The SMILES string of the molecule is COCCOCCn1ccnc1CCl. The zero-order valence-electron chi connectivity index (χ0n) is 8.28. The number of imidazole rings is 1. The third-order valence-electron chi connectivity index (χ3n) is 1.83. The van der Waals surface area contributed by atoms with Crippen LogP contribution in [-0.4, -0.2) is 36.5 Å². The van der Waals surface area contributed by atoms with Gasteiger partial charge in [0.15, 0.2) is 0 Å². The quantitative estimate of drug-likeness (QED) is 0.511. The third kappa shape index (κ3) is 3.65. The van der Waals surface area contributed by atoms with Crippen LogP contribution >= 0.6 is 11.6 Å². The van der Waals surface area contributed by atoms with Crippen molar-refractivity contribution in [1.82, 2.24) is 9.55 Å². The molecule has 1 aromatic rings. The van der Waals surface area contributed by atoms with Gasteiger partial charge in [0, 0.05) is 26.0 Å². The molecule has 0 unspecified atom stereocenters. The van der Waals surface area contributed by atoms with E-state index < -0.39 is 0 Å². The van der Waals surface area contributed by atoms with Gasteiger partial charge in [0.05, 0.1) is 25.7 Å². The average Bonchev–Trinajstić information content (AvgIpc) is 2.65. The molecule has 0 atom stereocenters. The van der Waals surface area contributed by atoms with Crippen molar-refractivity contribution < 1.29 is 9.47 Å². The molecule has 0 aliphatic rings. The van der Waals surface area contributed by atoms with E-state index in [-0.39, 0.29) is 0 Å². The van der Waals surface area contributed by atoms with Gasteiger partial charge >= 0.3 is 0 Å². The smallest absolute Gasteiger partial charge is 0.123 e. The van der Waals surface area contributed by atoms with Gasteiger partial charge < -0.3 is 14.0 Å². The monoisotopic (exact) mass is 218 g/mol. The van der Waals surface area contributed by atoms with Gasteiger partial charge in [0.1, 0.15) is 5.82 Å². The minimum Gasteiger partial charge on any atom is -0.382 e. The first-order valence-corrected chi connectivity index (χ1v) is 5.04. The summed E-state index contributed by atoms with van der Waals surface area (Å²) in [5, 5.41) is 0. The van der Waals surface area contributed by atoms with E-state index in [9.17, 15) is 0 Å². The maximum absolute atomic E-state index is 5.69. The second-order valence-electron chi connectivity index (χ2n) is 2.78. The molecule has 80 valence electrons. The van der Waals surface area contributed by atoms with Crippen LogP contribution in [0.1, 0.15) is 5.82 Å². The second kappa shape index (κ2) is 6.81. The van der Waals surface area contributed by atoms with Crippen molar-refractivity contribution in [3.8, 4) is 0 Å². The summed E-state index contributed by atoms with van der Waals surface area (Å²) in [6.45, 7) is 2.70. The van der Waals surface area contributed by atoms with E-state index in [1.54, 1.807) is 13.3 Å². The number of nitrogens with zero attached hydrogens (tertiary/aromatic N) is 2. The molecular weight excluding hydrogens is 204 g/mol. The molecule has 14 heavy (non-hydrogen) atoms. The highest BCUT2D eigenvalue weighted by atomic mass is 35.5. The van der Waals surface area contributed by atoms with Crippen LogP contribution in [0.4, 0.5) is 0 Å². The Labute approximate surface area is 88.8 Å². The zero-order valence-corrected chi connectivity index (χ0v) is 9.04. The molecule has 0 N–H and O–H groups in total. The maximum atomic E-state index is 5.69. The highest BCUT2D eigenvalue weighted by Gasteiger charge is 1.99. The van der Waals surface area contributed by atoms with Gasteiger partial charge in [-0.15, -0.1) is 11.6 Å². The lowest BCUT2D eigenvalue weighted by Gasteiger charge is -2.06. The van der Waals surface area contributed by atoms with Crippen LogP contribution in [0.25, 0.3) is 0 Å². The molecule has 0 fully saturated rings. The van der Waals surface area contributed by atoms with E-state index >= 15 is 0 Å². The molecule has 1 aromatic heterocycles. The minimum atomic E-state index is 0.436. The van der Waals surface area contributed by atoms with Gasteiger partial charge in [-0.25, -0.2) is 4.98 Å². The maximum Gasteiger partial charge on any atom is 0.123 e. The van der Waals surface area contributed by atoms with Crippen molar-refractivity contribution in [3.05, 3.63) is 18.2 Å². The lowest BCUT2D eigenvalue weighted by molar-refractivity contribution is 0.0664. The summed E-state index contributed by atoms with van der Waals surface area (Å²) in [5.41, 5.74) is 0. The van der Waals surface area contributed by atoms with E-state index in [0.717, 1.165) is 12.4 Å². The number of alkyl halides is 1. The van der Waals surface area contributed by atoms with Gasteiger partial charge in [0.25, 0.3) is 0 Å². The lowest BCUT2D eigenvalue weighted by Crippen LogP contribution is -2.10. The van der Waals surface area contributed by atoms with Crippen LogP contribution in [0.5, 0.6) is 0 Å².